The molecule has 1 aliphatic rings. The van der Waals surface area contributed by atoms with Crippen LogP contribution >= 0.6 is 0 Å². The Morgan fingerprint density at radius 2 is 2.05 bits per heavy atom. The van der Waals surface area contributed by atoms with Crippen LogP contribution in [0.15, 0.2) is 18.2 Å². The maximum Gasteiger partial charge on any atom is 0.254 e. The molecule has 1 saturated heterocycles. The van der Waals surface area contributed by atoms with Gasteiger partial charge in [0.1, 0.15) is 0 Å². The summed E-state index contributed by atoms with van der Waals surface area (Å²) in [5.74, 6) is 0.144. The largest absolute Gasteiger partial charge is 0.385 e. The van der Waals surface area contributed by atoms with E-state index in [4.69, 9.17) is 4.74 Å². The van der Waals surface area contributed by atoms with Crippen LogP contribution in [0, 0.1) is 6.92 Å². The van der Waals surface area contributed by atoms with E-state index in [1.807, 2.05) is 36.9 Å². The Morgan fingerprint density at radius 3 is 2.62 bits per heavy atom. The molecule has 0 unspecified atom stereocenters. The summed E-state index contributed by atoms with van der Waals surface area (Å²) >= 11 is 0. The predicted molar refractivity (Wildman–Crippen MR) is 85.9 cm³/mol. The number of benzene rings is 1. The summed E-state index contributed by atoms with van der Waals surface area (Å²) in [6.07, 6.45) is 2.19. The Bertz CT molecular complexity index is 480. The number of likely N-dealkylation sites (tertiary alicyclic amines) is 1. The number of rotatable bonds is 5. The number of hydrogen-bond donors (Lipinski definition) is 1. The molecule has 0 spiro atoms. The van der Waals surface area contributed by atoms with Gasteiger partial charge in [0.25, 0.3) is 5.91 Å². The number of nitrogens with one attached hydrogen (secondary N) is 1. The van der Waals surface area contributed by atoms with Gasteiger partial charge < -0.3 is 15.0 Å². The maximum atomic E-state index is 12.6. The number of aryl methyl sites for hydroxylation is 1. The number of carbonyl (C=O) groups excluding carboxylic acids is 1. The molecule has 4 heteroatoms. The minimum Gasteiger partial charge on any atom is -0.385 e. The van der Waals surface area contributed by atoms with E-state index in [0.717, 1.165) is 55.9 Å². The third kappa shape index (κ3) is 3.97. The molecular formula is C17H26N2O2. The molecule has 4 nitrogen and oxygen atoms in total. The zero-order valence-corrected chi connectivity index (χ0v) is 13.3. The number of anilines is 1. The van der Waals surface area contributed by atoms with E-state index < -0.39 is 0 Å². The highest BCUT2D eigenvalue weighted by Gasteiger charge is 2.24. The third-order valence-electron chi connectivity index (χ3n) is 3.97. The van der Waals surface area contributed by atoms with Crippen LogP contribution in [0.5, 0.6) is 0 Å². The lowest BCUT2D eigenvalue weighted by atomic mass is 10.0. The van der Waals surface area contributed by atoms with Crippen molar-refractivity contribution in [3.05, 3.63) is 29.3 Å². The van der Waals surface area contributed by atoms with Gasteiger partial charge in [0, 0.05) is 37.5 Å². The van der Waals surface area contributed by atoms with Gasteiger partial charge in [0.15, 0.2) is 0 Å². The summed E-state index contributed by atoms with van der Waals surface area (Å²) < 4.78 is 5.64. The van der Waals surface area contributed by atoms with Crippen molar-refractivity contribution in [2.75, 3.05) is 31.6 Å². The Balaban J connectivity index is 2.00. The van der Waals surface area contributed by atoms with Crippen LogP contribution in [0.3, 0.4) is 0 Å². The van der Waals surface area contributed by atoms with Gasteiger partial charge in [-0.2, -0.15) is 0 Å². The molecule has 2 rings (SSSR count). The van der Waals surface area contributed by atoms with Crippen molar-refractivity contribution in [1.82, 2.24) is 4.90 Å². The predicted octanol–water partition coefficient (Wildman–Crippen LogP) is 3.07. The lowest BCUT2D eigenvalue weighted by Crippen LogP contribution is -2.41. The molecule has 0 atom stereocenters. The number of carbonyl (C=O) groups is 1. The first-order valence-corrected chi connectivity index (χ1v) is 7.91. The average molecular weight is 290 g/mol. The Kier molecular flexibility index (Phi) is 5.62. The van der Waals surface area contributed by atoms with Gasteiger partial charge in [-0.25, -0.2) is 0 Å². The monoisotopic (exact) mass is 290 g/mol. The summed E-state index contributed by atoms with van der Waals surface area (Å²) in [6, 6.07) is 5.96. The molecule has 0 radical (unpaired) electrons. The van der Waals surface area contributed by atoms with Crippen molar-refractivity contribution in [1.29, 1.82) is 0 Å². The molecule has 1 aliphatic heterocycles. The minimum absolute atomic E-state index is 0.144. The highest BCUT2D eigenvalue weighted by molar-refractivity contribution is 5.96. The van der Waals surface area contributed by atoms with Crippen LogP contribution in [0.2, 0.25) is 0 Å². The van der Waals surface area contributed by atoms with E-state index in [1.54, 1.807) is 0 Å². The average Bonchev–Trinajstić information content (AvgIpc) is 2.48. The first kappa shape index (κ1) is 15.8. The van der Waals surface area contributed by atoms with Crippen LogP contribution in [0.1, 0.15) is 42.6 Å². The number of piperidine rings is 1. The lowest BCUT2D eigenvalue weighted by Gasteiger charge is -2.32. The second kappa shape index (κ2) is 7.46. The van der Waals surface area contributed by atoms with Gasteiger partial charge in [-0.15, -0.1) is 0 Å². The van der Waals surface area contributed by atoms with E-state index in [0.29, 0.717) is 6.10 Å². The topological polar surface area (TPSA) is 41.6 Å². The van der Waals surface area contributed by atoms with Crippen molar-refractivity contribution in [2.45, 2.75) is 39.7 Å². The van der Waals surface area contributed by atoms with Gasteiger partial charge in [0.05, 0.1) is 6.10 Å². The van der Waals surface area contributed by atoms with Crippen LogP contribution in [-0.4, -0.2) is 43.2 Å². The van der Waals surface area contributed by atoms with Crippen LogP contribution in [-0.2, 0) is 4.74 Å². The summed E-state index contributed by atoms with van der Waals surface area (Å²) in [5, 5.41) is 3.27. The minimum atomic E-state index is 0.144. The molecule has 1 amide bonds. The molecule has 1 heterocycles. The zero-order chi connectivity index (χ0) is 15.2. The molecule has 0 aliphatic carbocycles. The Hall–Kier alpha value is -1.55. The van der Waals surface area contributed by atoms with Crippen molar-refractivity contribution < 1.29 is 9.53 Å². The molecular weight excluding hydrogens is 264 g/mol. The third-order valence-corrected chi connectivity index (χ3v) is 3.97. The second-order valence-electron chi connectivity index (χ2n) is 5.51. The first-order chi connectivity index (χ1) is 10.2. The van der Waals surface area contributed by atoms with Crippen LogP contribution in [0.25, 0.3) is 0 Å². The van der Waals surface area contributed by atoms with Crippen molar-refractivity contribution in [2.24, 2.45) is 0 Å². The van der Waals surface area contributed by atoms with E-state index in [1.165, 1.54) is 0 Å². The molecule has 21 heavy (non-hydrogen) atoms. The SMILES string of the molecule is CCNc1ccc(C(=O)N2CCC(OCC)CC2)c(C)c1. The van der Waals surface area contributed by atoms with Crippen molar-refractivity contribution in [3.63, 3.8) is 0 Å². The fraction of sp³-hybridized carbons (Fsp3) is 0.588. The van der Waals surface area contributed by atoms with Gasteiger partial charge in [0.2, 0.25) is 0 Å². The van der Waals surface area contributed by atoms with Gasteiger partial charge in [-0.1, -0.05) is 0 Å². The van der Waals surface area contributed by atoms with Gasteiger partial charge in [-0.05, 0) is 57.4 Å². The first-order valence-electron chi connectivity index (χ1n) is 7.91. The van der Waals surface area contributed by atoms with Crippen LogP contribution < -0.4 is 5.32 Å². The number of nitrogens with zero attached hydrogens (tertiary/aromatic N) is 1. The summed E-state index contributed by atoms with van der Waals surface area (Å²) in [4.78, 5) is 14.6. The molecule has 1 N–H and O–H groups in total. The van der Waals surface area contributed by atoms with Crippen molar-refractivity contribution >= 4 is 11.6 Å². The maximum absolute atomic E-state index is 12.6. The number of amides is 1. The zero-order valence-electron chi connectivity index (χ0n) is 13.3. The van der Waals surface area contributed by atoms with E-state index >= 15 is 0 Å². The molecule has 0 bridgehead atoms. The fourth-order valence-corrected chi connectivity index (χ4v) is 2.85. The van der Waals surface area contributed by atoms with E-state index in [9.17, 15) is 4.79 Å². The molecule has 116 valence electrons. The fourth-order valence-electron chi connectivity index (χ4n) is 2.85. The molecule has 0 aromatic heterocycles. The Morgan fingerprint density at radius 1 is 1.33 bits per heavy atom. The highest BCUT2D eigenvalue weighted by atomic mass is 16.5. The second-order valence-corrected chi connectivity index (χ2v) is 5.51. The molecule has 1 fully saturated rings. The number of ether oxygens (including phenoxy) is 1. The smallest absolute Gasteiger partial charge is 0.254 e. The summed E-state index contributed by atoms with van der Waals surface area (Å²) in [5.41, 5.74) is 2.92. The normalized spacial score (nSPS) is 16.0. The van der Waals surface area contributed by atoms with Gasteiger partial charge >= 0.3 is 0 Å². The Labute approximate surface area is 127 Å². The molecule has 1 aromatic carbocycles. The lowest BCUT2D eigenvalue weighted by molar-refractivity contribution is 0.0146. The molecule has 1 aromatic rings. The standard InChI is InChI=1S/C17H26N2O2/c1-4-18-14-6-7-16(13(3)12-14)17(20)19-10-8-15(9-11-19)21-5-2/h6-7,12,15,18H,4-5,8-11H2,1-3H3. The quantitative estimate of drug-likeness (QED) is 0.906. The van der Waals surface area contributed by atoms with Crippen LogP contribution in [0.4, 0.5) is 5.69 Å². The van der Waals surface area contributed by atoms with E-state index in [2.05, 4.69) is 12.2 Å². The number of hydrogen-bond acceptors (Lipinski definition) is 3. The summed E-state index contributed by atoms with van der Waals surface area (Å²) in [6.45, 7) is 9.31. The van der Waals surface area contributed by atoms with E-state index in [-0.39, 0.29) is 5.91 Å². The van der Waals surface area contributed by atoms with Gasteiger partial charge in [-0.3, -0.25) is 4.79 Å². The summed E-state index contributed by atoms with van der Waals surface area (Å²) in [7, 11) is 0. The molecule has 0 saturated carbocycles. The van der Waals surface area contributed by atoms with Crippen molar-refractivity contribution in [3.8, 4) is 0 Å². The highest BCUT2D eigenvalue weighted by Crippen LogP contribution is 2.20.